The summed E-state index contributed by atoms with van der Waals surface area (Å²) < 4.78 is 5.86. The normalized spacial score (nSPS) is 21.4. The lowest BCUT2D eigenvalue weighted by Crippen LogP contribution is -2.46. The van der Waals surface area contributed by atoms with E-state index >= 15 is 0 Å². The third-order valence-electron chi connectivity index (χ3n) is 5.24. The molecule has 146 valence electrons. The molecule has 1 heterocycles. The van der Waals surface area contributed by atoms with Crippen LogP contribution in [0.2, 0.25) is 5.02 Å². The Morgan fingerprint density at radius 1 is 1.14 bits per heavy atom. The molecule has 1 amide bonds. The first-order valence-corrected chi connectivity index (χ1v) is 9.97. The molecule has 0 saturated heterocycles. The SMILES string of the molecule is O=C(N[C@H]1CCCC[C@@H]1O)C1=CN(Cc2ccccc2Cl)c2ccccc2O1. The Labute approximate surface area is 169 Å². The van der Waals surface area contributed by atoms with Crippen LogP contribution >= 0.6 is 11.6 Å². The largest absolute Gasteiger partial charge is 0.448 e. The third-order valence-corrected chi connectivity index (χ3v) is 5.60. The van der Waals surface area contributed by atoms with Crippen LogP contribution in [0.15, 0.2) is 60.5 Å². The molecule has 1 aliphatic carbocycles. The molecule has 0 radical (unpaired) electrons. The van der Waals surface area contributed by atoms with Crippen molar-refractivity contribution in [3.63, 3.8) is 0 Å². The lowest BCUT2D eigenvalue weighted by atomic mass is 9.92. The van der Waals surface area contributed by atoms with Crippen LogP contribution < -0.4 is 15.0 Å². The number of aliphatic hydroxyl groups is 1. The predicted octanol–water partition coefficient (Wildman–Crippen LogP) is 4.00. The molecule has 4 rings (SSSR count). The summed E-state index contributed by atoms with van der Waals surface area (Å²) in [6, 6.07) is 15.0. The number of halogens is 1. The van der Waals surface area contributed by atoms with Crippen molar-refractivity contribution >= 4 is 23.2 Å². The number of nitrogens with one attached hydrogen (secondary N) is 1. The first-order valence-electron chi connectivity index (χ1n) is 9.59. The first kappa shape index (κ1) is 18.8. The number of amides is 1. The van der Waals surface area contributed by atoms with Crippen molar-refractivity contribution in [2.75, 3.05) is 4.90 Å². The zero-order valence-electron chi connectivity index (χ0n) is 15.5. The van der Waals surface area contributed by atoms with Crippen molar-refractivity contribution in [1.29, 1.82) is 0 Å². The third kappa shape index (κ3) is 4.01. The van der Waals surface area contributed by atoms with Crippen LogP contribution in [0.1, 0.15) is 31.2 Å². The van der Waals surface area contributed by atoms with E-state index in [1.165, 1.54) is 0 Å². The molecule has 2 aromatic carbocycles. The van der Waals surface area contributed by atoms with Gasteiger partial charge in [0.05, 0.1) is 24.0 Å². The number of hydrogen-bond donors (Lipinski definition) is 2. The summed E-state index contributed by atoms with van der Waals surface area (Å²) in [4.78, 5) is 14.8. The fourth-order valence-electron chi connectivity index (χ4n) is 3.70. The van der Waals surface area contributed by atoms with Gasteiger partial charge in [-0.15, -0.1) is 0 Å². The summed E-state index contributed by atoms with van der Waals surface area (Å²) in [5.74, 6) is 0.513. The Kier molecular flexibility index (Phi) is 5.55. The summed E-state index contributed by atoms with van der Waals surface area (Å²) in [7, 11) is 0. The van der Waals surface area contributed by atoms with E-state index in [0.717, 1.165) is 30.5 Å². The smallest absolute Gasteiger partial charge is 0.288 e. The summed E-state index contributed by atoms with van der Waals surface area (Å²) in [5.41, 5.74) is 1.83. The van der Waals surface area contributed by atoms with E-state index in [4.69, 9.17) is 16.3 Å². The van der Waals surface area contributed by atoms with E-state index in [0.29, 0.717) is 23.7 Å². The van der Waals surface area contributed by atoms with Gasteiger partial charge >= 0.3 is 0 Å². The first-order chi connectivity index (χ1) is 13.6. The van der Waals surface area contributed by atoms with Crippen LogP contribution in [0, 0.1) is 0 Å². The highest BCUT2D eigenvalue weighted by Gasteiger charge is 2.29. The van der Waals surface area contributed by atoms with Gasteiger partial charge in [0.15, 0.2) is 5.75 Å². The van der Waals surface area contributed by atoms with E-state index < -0.39 is 6.10 Å². The maximum absolute atomic E-state index is 12.8. The summed E-state index contributed by atoms with van der Waals surface area (Å²) in [6.07, 6.45) is 4.69. The summed E-state index contributed by atoms with van der Waals surface area (Å²) >= 11 is 6.33. The number of carbonyl (C=O) groups excluding carboxylic acids is 1. The van der Waals surface area contributed by atoms with Crippen LogP contribution in [0.25, 0.3) is 0 Å². The minimum absolute atomic E-state index is 0.212. The molecule has 0 spiro atoms. The van der Waals surface area contributed by atoms with E-state index in [-0.39, 0.29) is 17.7 Å². The second-order valence-electron chi connectivity index (χ2n) is 7.21. The molecule has 2 N–H and O–H groups in total. The van der Waals surface area contributed by atoms with Gasteiger partial charge < -0.3 is 20.1 Å². The van der Waals surface area contributed by atoms with Crippen LogP contribution in [0.4, 0.5) is 5.69 Å². The summed E-state index contributed by atoms with van der Waals surface area (Å²) in [5, 5.41) is 13.8. The Bertz CT molecular complexity index is 899. The van der Waals surface area contributed by atoms with Crippen molar-refractivity contribution in [2.45, 2.75) is 44.4 Å². The minimum Gasteiger partial charge on any atom is -0.448 e. The number of anilines is 1. The highest BCUT2D eigenvalue weighted by molar-refractivity contribution is 6.31. The van der Waals surface area contributed by atoms with Gasteiger partial charge in [0.1, 0.15) is 0 Å². The summed E-state index contributed by atoms with van der Waals surface area (Å²) in [6.45, 7) is 0.517. The molecule has 0 bridgehead atoms. The molecule has 1 fully saturated rings. The standard InChI is InChI=1S/C22H23ClN2O3/c23-16-8-2-1-7-15(16)13-25-14-21(28-20-12-6-4-10-18(20)25)22(27)24-17-9-3-5-11-19(17)26/h1-2,4,6-8,10,12,14,17,19,26H,3,5,9,11,13H2,(H,24,27)/t17-,19-/m0/s1. The van der Waals surface area contributed by atoms with Gasteiger partial charge in [-0.25, -0.2) is 0 Å². The van der Waals surface area contributed by atoms with Crippen LogP contribution in [0.3, 0.4) is 0 Å². The van der Waals surface area contributed by atoms with E-state index in [1.807, 2.05) is 53.4 Å². The van der Waals surface area contributed by atoms with Crippen molar-refractivity contribution in [3.8, 4) is 5.75 Å². The second kappa shape index (κ2) is 8.25. The zero-order chi connectivity index (χ0) is 19.5. The molecule has 5 nitrogen and oxygen atoms in total. The molecule has 0 unspecified atom stereocenters. The topological polar surface area (TPSA) is 61.8 Å². The lowest BCUT2D eigenvalue weighted by molar-refractivity contribution is -0.121. The fraction of sp³-hybridized carbons (Fsp3) is 0.318. The number of aliphatic hydroxyl groups excluding tert-OH is 1. The van der Waals surface area contributed by atoms with Gasteiger partial charge in [0.25, 0.3) is 5.91 Å². The van der Waals surface area contributed by atoms with Gasteiger partial charge in [-0.2, -0.15) is 0 Å². The van der Waals surface area contributed by atoms with Crippen LogP contribution in [-0.2, 0) is 11.3 Å². The van der Waals surface area contributed by atoms with Gasteiger partial charge in [0.2, 0.25) is 5.76 Å². The highest BCUT2D eigenvalue weighted by atomic mass is 35.5. The number of carbonyl (C=O) groups is 1. The van der Waals surface area contributed by atoms with Gasteiger partial charge in [0, 0.05) is 11.6 Å². The van der Waals surface area contributed by atoms with Gasteiger partial charge in [-0.1, -0.05) is 54.8 Å². The number of nitrogens with zero attached hydrogens (tertiary/aromatic N) is 1. The van der Waals surface area contributed by atoms with Crippen molar-refractivity contribution in [1.82, 2.24) is 5.32 Å². The zero-order valence-corrected chi connectivity index (χ0v) is 16.2. The number of fused-ring (bicyclic) bond motifs is 1. The molecule has 0 aromatic heterocycles. The molecule has 2 atom stereocenters. The van der Waals surface area contributed by atoms with Crippen LogP contribution in [-0.4, -0.2) is 23.2 Å². The molecule has 6 heteroatoms. The molecule has 1 aliphatic heterocycles. The minimum atomic E-state index is -0.506. The van der Waals surface area contributed by atoms with Crippen molar-refractivity contribution in [3.05, 3.63) is 71.1 Å². The molecule has 2 aromatic rings. The number of benzene rings is 2. The van der Waals surface area contributed by atoms with Crippen LogP contribution in [0.5, 0.6) is 5.75 Å². The number of para-hydroxylation sites is 2. The lowest BCUT2D eigenvalue weighted by Gasteiger charge is -2.31. The Balaban J connectivity index is 1.58. The highest BCUT2D eigenvalue weighted by Crippen LogP contribution is 2.35. The fourth-order valence-corrected chi connectivity index (χ4v) is 3.90. The quantitative estimate of drug-likeness (QED) is 0.817. The Morgan fingerprint density at radius 3 is 2.71 bits per heavy atom. The molecular formula is C22H23ClN2O3. The maximum Gasteiger partial charge on any atom is 0.288 e. The van der Waals surface area contributed by atoms with E-state index in [1.54, 1.807) is 6.20 Å². The second-order valence-corrected chi connectivity index (χ2v) is 7.62. The Morgan fingerprint density at radius 2 is 1.89 bits per heavy atom. The maximum atomic E-state index is 12.8. The average molecular weight is 399 g/mol. The molecular weight excluding hydrogens is 376 g/mol. The monoisotopic (exact) mass is 398 g/mol. The Hall–Kier alpha value is -2.50. The molecule has 2 aliphatic rings. The van der Waals surface area contributed by atoms with Gasteiger partial charge in [-0.05, 0) is 36.6 Å². The average Bonchev–Trinajstić information content (AvgIpc) is 2.71. The van der Waals surface area contributed by atoms with Gasteiger partial charge in [-0.3, -0.25) is 4.79 Å². The van der Waals surface area contributed by atoms with E-state index in [2.05, 4.69) is 5.32 Å². The molecule has 28 heavy (non-hydrogen) atoms. The number of rotatable bonds is 4. The number of ether oxygens (including phenoxy) is 1. The number of hydrogen-bond acceptors (Lipinski definition) is 4. The van der Waals surface area contributed by atoms with E-state index in [9.17, 15) is 9.90 Å². The van der Waals surface area contributed by atoms with Crippen molar-refractivity contribution < 1.29 is 14.6 Å². The van der Waals surface area contributed by atoms with Crippen molar-refractivity contribution in [2.24, 2.45) is 0 Å². The predicted molar refractivity (Wildman–Crippen MR) is 109 cm³/mol. The molecule has 1 saturated carbocycles.